The molecule has 1 atom stereocenters. The second-order valence-electron chi connectivity index (χ2n) is 5.37. The summed E-state index contributed by atoms with van der Waals surface area (Å²) in [5, 5.41) is 5.95. The van der Waals surface area contributed by atoms with Gasteiger partial charge in [0.1, 0.15) is 11.6 Å². The molecule has 0 radical (unpaired) electrons. The number of hydrogen-bond donors (Lipinski definition) is 1. The Kier molecular flexibility index (Phi) is 4.33. The molecule has 0 saturated carbocycles. The van der Waals surface area contributed by atoms with Gasteiger partial charge >= 0.3 is 0 Å². The van der Waals surface area contributed by atoms with Crippen molar-refractivity contribution < 1.29 is 4.79 Å². The van der Waals surface area contributed by atoms with Crippen molar-refractivity contribution in [3.8, 4) is 0 Å². The lowest BCUT2D eigenvalue weighted by Crippen LogP contribution is -2.27. The van der Waals surface area contributed by atoms with Crippen LogP contribution in [0.3, 0.4) is 0 Å². The van der Waals surface area contributed by atoms with Crippen LogP contribution < -0.4 is 5.32 Å². The molecule has 2 aromatic heterocycles. The van der Waals surface area contributed by atoms with Crippen molar-refractivity contribution >= 4 is 28.2 Å². The maximum Gasteiger partial charge on any atom is 0.222 e. The molecule has 2 aromatic rings. The first-order chi connectivity index (χ1) is 10.7. The van der Waals surface area contributed by atoms with Gasteiger partial charge in [0, 0.05) is 43.1 Å². The van der Waals surface area contributed by atoms with E-state index >= 15 is 0 Å². The number of aryl methyl sites for hydroxylation is 1. The minimum Gasteiger partial charge on any atom is -0.342 e. The quantitative estimate of drug-likeness (QED) is 0.939. The number of anilines is 2. The Bertz CT molecular complexity index is 658. The van der Waals surface area contributed by atoms with Crippen molar-refractivity contribution in [1.82, 2.24) is 19.9 Å². The van der Waals surface area contributed by atoms with Crippen LogP contribution in [0.2, 0.25) is 0 Å². The Balaban J connectivity index is 1.77. The third-order valence-corrected chi connectivity index (χ3v) is 4.48. The zero-order chi connectivity index (χ0) is 15.5. The van der Waals surface area contributed by atoms with Crippen LogP contribution in [0.15, 0.2) is 17.6 Å². The lowest BCUT2D eigenvalue weighted by atomic mass is 10.0. The lowest BCUT2D eigenvalue weighted by Gasteiger charge is -2.16. The summed E-state index contributed by atoms with van der Waals surface area (Å²) in [5.41, 5.74) is 0.998. The molecule has 1 aliphatic heterocycles. The minimum absolute atomic E-state index is 0.217. The largest absolute Gasteiger partial charge is 0.342 e. The summed E-state index contributed by atoms with van der Waals surface area (Å²) in [6, 6.07) is 1.97. The van der Waals surface area contributed by atoms with Crippen LogP contribution in [0.4, 0.5) is 10.9 Å². The number of carbonyl (C=O) groups excluding carboxylic acids is 1. The molecule has 116 valence electrons. The van der Waals surface area contributed by atoms with Crippen molar-refractivity contribution in [3.63, 3.8) is 0 Å². The molecule has 1 saturated heterocycles. The number of amides is 1. The van der Waals surface area contributed by atoms with E-state index in [0.717, 1.165) is 42.0 Å². The van der Waals surface area contributed by atoms with Gasteiger partial charge in [-0.1, -0.05) is 6.92 Å². The van der Waals surface area contributed by atoms with Crippen molar-refractivity contribution in [2.75, 3.05) is 18.4 Å². The van der Waals surface area contributed by atoms with E-state index in [0.29, 0.717) is 6.42 Å². The first-order valence-corrected chi connectivity index (χ1v) is 8.33. The maximum atomic E-state index is 11.8. The minimum atomic E-state index is 0.217. The highest BCUT2D eigenvalue weighted by Gasteiger charge is 2.27. The molecule has 1 N–H and O–H groups in total. The topological polar surface area (TPSA) is 71.0 Å². The Labute approximate surface area is 133 Å². The average Bonchev–Trinajstić information content (AvgIpc) is 3.17. The van der Waals surface area contributed by atoms with Gasteiger partial charge in [0.25, 0.3) is 0 Å². The highest BCUT2D eigenvalue weighted by Crippen LogP contribution is 2.28. The molecular formula is C15H19N5OS. The SMILES string of the molecule is CCC(=O)N1CC[C@H](c2cc(Nc3nccs3)nc(C)n2)C1. The van der Waals surface area contributed by atoms with Crippen LogP contribution in [0.1, 0.15) is 37.2 Å². The van der Waals surface area contributed by atoms with Crippen LogP contribution in [0.25, 0.3) is 0 Å². The smallest absolute Gasteiger partial charge is 0.222 e. The summed E-state index contributed by atoms with van der Waals surface area (Å²) < 4.78 is 0. The van der Waals surface area contributed by atoms with E-state index < -0.39 is 0 Å². The number of nitrogens with one attached hydrogen (secondary N) is 1. The fraction of sp³-hybridized carbons (Fsp3) is 0.467. The van der Waals surface area contributed by atoms with E-state index in [1.807, 2.05) is 30.2 Å². The van der Waals surface area contributed by atoms with Gasteiger partial charge in [-0.2, -0.15) is 0 Å². The maximum absolute atomic E-state index is 11.8. The molecule has 7 heteroatoms. The Morgan fingerprint density at radius 3 is 3.09 bits per heavy atom. The van der Waals surface area contributed by atoms with Crippen molar-refractivity contribution in [3.05, 3.63) is 29.2 Å². The lowest BCUT2D eigenvalue weighted by molar-refractivity contribution is -0.129. The van der Waals surface area contributed by atoms with Crippen LogP contribution in [0.5, 0.6) is 0 Å². The fourth-order valence-electron chi connectivity index (χ4n) is 2.71. The van der Waals surface area contributed by atoms with Gasteiger partial charge in [0.15, 0.2) is 5.13 Å². The summed E-state index contributed by atoms with van der Waals surface area (Å²) in [6.45, 7) is 5.36. The number of thiazole rings is 1. The molecule has 0 spiro atoms. The van der Waals surface area contributed by atoms with Gasteiger partial charge in [-0.15, -0.1) is 11.3 Å². The van der Waals surface area contributed by atoms with E-state index in [9.17, 15) is 4.79 Å². The first-order valence-electron chi connectivity index (χ1n) is 7.45. The predicted octanol–water partition coefficient (Wildman–Crippen LogP) is 2.71. The van der Waals surface area contributed by atoms with Crippen molar-refractivity contribution in [1.29, 1.82) is 0 Å². The van der Waals surface area contributed by atoms with Crippen molar-refractivity contribution in [2.24, 2.45) is 0 Å². The molecule has 3 rings (SSSR count). The highest BCUT2D eigenvalue weighted by atomic mass is 32.1. The molecule has 0 unspecified atom stereocenters. The van der Waals surface area contributed by atoms with Crippen molar-refractivity contribution in [2.45, 2.75) is 32.6 Å². The third kappa shape index (κ3) is 3.24. The predicted molar refractivity (Wildman–Crippen MR) is 86.4 cm³/mol. The zero-order valence-electron chi connectivity index (χ0n) is 12.7. The highest BCUT2D eigenvalue weighted by molar-refractivity contribution is 7.13. The van der Waals surface area contributed by atoms with Crippen LogP contribution in [-0.2, 0) is 4.79 Å². The Hall–Kier alpha value is -2.02. The number of aromatic nitrogens is 3. The summed E-state index contributed by atoms with van der Waals surface area (Å²) in [7, 11) is 0. The molecule has 6 nitrogen and oxygen atoms in total. The number of carbonyl (C=O) groups is 1. The van der Waals surface area contributed by atoms with Gasteiger partial charge in [-0.25, -0.2) is 15.0 Å². The molecular weight excluding hydrogens is 298 g/mol. The molecule has 22 heavy (non-hydrogen) atoms. The van der Waals surface area contributed by atoms with E-state index in [1.54, 1.807) is 6.20 Å². The molecule has 1 amide bonds. The number of rotatable bonds is 4. The van der Waals surface area contributed by atoms with E-state index in [4.69, 9.17) is 0 Å². The number of hydrogen-bond acceptors (Lipinski definition) is 6. The van der Waals surface area contributed by atoms with E-state index in [1.165, 1.54) is 11.3 Å². The van der Waals surface area contributed by atoms with Gasteiger partial charge in [0.2, 0.25) is 5.91 Å². The Morgan fingerprint density at radius 1 is 1.50 bits per heavy atom. The molecule has 0 aromatic carbocycles. The molecule has 1 aliphatic rings. The van der Waals surface area contributed by atoms with E-state index in [2.05, 4.69) is 20.3 Å². The normalized spacial score (nSPS) is 17.7. The molecule has 0 bridgehead atoms. The molecule has 3 heterocycles. The molecule has 1 fully saturated rings. The first kappa shape index (κ1) is 14.9. The van der Waals surface area contributed by atoms with Crippen LogP contribution in [-0.4, -0.2) is 38.8 Å². The standard InChI is InChI=1S/C15H19N5OS/c1-3-14(21)20-6-4-11(9-20)12-8-13(18-10(2)17-12)19-15-16-5-7-22-15/h5,7-8,11H,3-4,6,9H2,1-2H3,(H,16,17,18,19)/t11-/m0/s1. The average molecular weight is 317 g/mol. The second kappa shape index (κ2) is 6.39. The summed E-state index contributed by atoms with van der Waals surface area (Å²) in [6.07, 6.45) is 3.28. The van der Waals surface area contributed by atoms with Crippen LogP contribution >= 0.6 is 11.3 Å². The van der Waals surface area contributed by atoms with E-state index in [-0.39, 0.29) is 11.8 Å². The third-order valence-electron chi connectivity index (χ3n) is 3.79. The summed E-state index contributed by atoms with van der Waals surface area (Å²) in [5.74, 6) is 2.00. The number of nitrogens with zero attached hydrogens (tertiary/aromatic N) is 4. The second-order valence-corrected chi connectivity index (χ2v) is 6.26. The van der Waals surface area contributed by atoms with Gasteiger partial charge in [-0.3, -0.25) is 4.79 Å². The monoisotopic (exact) mass is 317 g/mol. The number of likely N-dealkylation sites (tertiary alicyclic amines) is 1. The van der Waals surface area contributed by atoms with Crippen LogP contribution in [0, 0.1) is 6.92 Å². The fourth-order valence-corrected chi connectivity index (χ4v) is 3.25. The zero-order valence-corrected chi connectivity index (χ0v) is 13.6. The molecule has 0 aliphatic carbocycles. The van der Waals surface area contributed by atoms with Gasteiger partial charge in [-0.05, 0) is 13.3 Å². The van der Waals surface area contributed by atoms with Gasteiger partial charge < -0.3 is 10.2 Å². The Morgan fingerprint density at radius 2 is 2.36 bits per heavy atom. The van der Waals surface area contributed by atoms with Gasteiger partial charge in [0.05, 0.1) is 5.69 Å². The summed E-state index contributed by atoms with van der Waals surface area (Å²) in [4.78, 5) is 26.9. The summed E-state index contributed by atoms with van der Waals surface area (Å²) >= 11 is 1.53.